The summed E-state index contributed by atoms with van der Waals surface area (Å²) in [4.78, 5) is 10.5. The molecule has 3 nitrogen and oxygen atoms in total. The van der Waals surface area contributed by atoms with Crippen LogP contribution in [-0.4, -0.2) is 28.7 Å². The Morgan fingerprint density at radius 3 is 2.65 bits per heavy atom. The van der Waals surface area contributed by atoms with Gasteiger partial charge in [-0.2, -0.15) is 0 Å². The van der Waals surface area contributed by atoms with Gasteiger partial charge in [0.2, 0.25) is 0 Å². The maximum absolute atomic E-state index is 11.2. The van der Waals surface area contributed by atoms with Gasteiger partial charge in [-0.15, -0.1) is 11.6 Å². The molecule has 3 atom stereocenters. The highest BCUT2D eigenvalue weighted by atomic mass is 35.5. The summed E-state index contributed by atoms with van der Waals surface area (Å²) in [5, 5.41) is 10.5. The minimum atomic E-state index is -0.645. The number of aliphatic hydroxyl groups excluding tert-OH is 1. The van der Waals surface area contributed by atoms with Gasteiger partial charge in [-0.05, 0) is 77.2 Å². The summed E-state index contributed by atoms with van der Waals surface area (Å²) in [6, 6.07) is 0. The van der Waals surface area contributed by atoms with Crippen LogP contribution in [0.1, 0.15) is 72.6 Å². The van der Waals surface area contributed by atoms with Gasteiger partial charge >= 0.3 is 5.97 Å². The van der Waals surface area contributed by atoms with Crippen LogP contribution < -0.4 is 0 Å². The minimum Gasteiger partial charge on any atom is -0.461 e. The lowest BCUT2D eigenvalue weighted by Gasteiger charge is -2.28. The first-order valence-corrected chi connectivity index (χ1v) is 9.99. The molecule has 4 heteroatoms. The van der Waals surface area contributed by atoms with E-state index in [4.69, 9.17) is 16.3 Å². The SMILES string of the molecule is C=C(C)[C@@H]1C/C=C(/COC(C)=O)CC[C@@H](O)[C@](C)(Cl)CC/C=C(\C)CC1. The Hall–Kier alpha value is -1.06. The van der Waals surface area contributed by atoms with Crippen LogP contribution in [0.5, 0.6) is 0 Å². The fraction of sp³-hybridized carbons (Fsp3) is 0.682. The maximum atomic E-state index is 11.2. The molecule has 0 unspecified atom stereocenters. The van der Waals surface area contributed by atoms with E-state index in [2.05, 4.69) is 32.6 Å². The lowest BCUT2D eigenvalue weighted by Crippen LogP contribution is -2.33. The molecule has 0 radical (unpaired) electrons. The molecule has 0 aromatic carbocycles. The van der Waals surface area contributed by atoms with Crippen molar-refractivity contribution in [2.75, 3.05) is 6.61 Å². The van der Waals surface area contributed by atoms with Crippen molar-refractivity contribution in [3.05, 3.63) is 35.5 Å². The largest absolute Gasteiger partial charge is 0.461 e. The Morgan fingerprint density at radius 2 is 2.04 bits per heavy atom. The number of ether oxygens (including phenoxy) is 1. The molecule has 0 saturated carbocycles. The summed E-state index contributed by atoms with van der Waals surface area (Å²) < 4.78 is 5.20. The second kappa shape index (κ2) is 10.9. The number of aliphatic hydroxyl groups is 1. The first kappa shape index (κ1) is 23.0. The lowest BCUT2D eigenvalue weighted by atomic mass is 9.88. The smallest absolute Gasteiger partial charge is 0.302 e. The summed E-state index contributed by atoms with van der Waals surface area (Å²) in [5.74, 6) is 0.127. The molecule has 0 aliphatic heterocycles. The standard InChI is InChI=1S/C22H35ClO3/c1-16(2)20-11-8-17(3)7-6-14-22(5,23)21(25)13-10-19(9-12-20)15-26-18(4)24/h7,9,20-21,25H,1,6,8,10-15H2,2-5H3/b17-7+,19-9+/t20-,21+,22+/m0/s1. The zero-order valence-corrected chi connectivity index (χ0v) is 17.6. The Labute approximate surface area is 164 Å². The molecule has 148 valence electrons. The van der Waals surface area contributed by atoms with Crippen LogP contribution >= 0.6 is 11.6 Å². The molecule has 0 saturated heterocycles. The van der Waals surface area contributed by atoms with Crippen molar-refractivity contribution in [1.82, 2.24) is 0 Å². The monoisotopic (exact) mass is 382 g/mol. The molecular formula is C22H35ClO3. The Balaban J connectivity index is 2.98. The molecule has 26 heavy (non-hydrogen) atoms. The predicted molar refractivity (Wildman–Crippen MR) is 109 cm³/mol. The fourth-order valence-corrected chi connectivity index (χ4v) is 3.41. The van der Waals surface area contributed by atoms with Crippen LogP contribution in [0.25, 0.3) is 0 Å². The second-order valence-corrected chi connectivity index (χ2v) is 8.75. The van der Waals surface area contributed by atoms with Gasteiger partial charge in [0, 0.05) is 6.92 Å². The summed E-state index contributed by atoms with van der Waals surface area (Å²) in [7, 11) is 0. The molecule has 0 heterocycles. The molecule has 0 fully saturated rings. The fourth-order valence-electron chi connectivity index (χ4n) is 3.20. The third kappa shape index (κ3) is 8.55. The number of hydrogen-bond donors (Lipinski definition) is 1. The van der Waals surface area contributed by atoms with Gasteiger partial charge in [0.05, 0.1) is 11.0 Å². The van der Waals surface area contributed by atoms with Gasteiger partial charge in [-0.25, -0.2) is 0 Å². The van der Waals surface area contributed by atoms with Crippen LogP contribution in [0.4, 0.5) is 0 Å². The van der Waals surface area contributed by atoms with Gasteiger partial charge in [-0.3, -0.25) is 4.79 Å². The average Bonchev–Trinajstić information content (AvgIpc) is 2.54. The van der Waals surface area contributed by atoms with Crippen LogP contribution in [0.3, 0.4) is 0 Å². The number of carbonyl (C=O) groups is 1. The van der Waals surface area contributed by atoms with E-state index in [0.29, 0.717) is 18.8 Å². The summed E-state index contributed by atoms with van der Waals surface area (Å²) in [6.07, 6.45) is 9.63. The van der Waals surface area contributed by atoms with E-state index in [0.717, 1.165) is 37.7 Å². The number of hydrogen-bond acceptors (Lipinski definition) is 3. The normalized spacial score (nSPS) is 33.2. The first-order valence-electron chi connectivity index (χ1n) is 9.61. The van der Waals surface area contributed by atoms with Crippen molar-refractivity contribution >= 4 is 17.6 Å². The van der Waals surface area contributed by atoms with Crippen LogP contribution in [-0.2, 0) is 9.53 Å². The summed E-state index contributed by atoms with van der Waals surface area (Å²) in [5.41, 5.74) is 3.59. The molecule has 1 aliphatic rings. The van der Waals surface area contributed by atoms with Gasteiger partial charge in [0.25, 0.3) is 0 Å². The van der Waals surface area contributed by atoms with E-state index in [1.54, 1.807) is 0 Å². The van der Waals surface area contributed by atoms with E-state index in [-0.39, 0.29) is 12.6 Å². The number of allylic oxidation sites excluding steroid dienone is 4. The van der Waals surface area contributed by atoms with Gasteiger partial charge in [-0.1, -0.05) is 29.9 Å². The molecule has 1 N–H and O–H groups in total. The molecular weight excluding hydrogens is 348 g/mol. The van der Waals surface area contributed by atoms with E-state index in [9.17, 15) is 9.90 Å². The zero-order chi connectivity index (χ0) is 19.7. The van der Waals surface area contributed by atoms with Crippen molar-refractivity contribution in [2.45, 2.75) is 83.6 Å². The molecule has 0 aromatic heterocycles. The predicted octanol–water partition coefficient (Wildman–Crippen LogP) is 5.72. The number of esters is 1. The van der Waals surface area contributed by atoms with Crippen LogP contribution in [0.2, 0.25) is 0 Å². The van der Waals surface area contributed by atoms with E-state index in [1.165, 1.54) is 18.1 Å². The van der Waals surface area contributed by atoms with Crippen LogP contribution in [0.15, 0.2) is 35.5 Å². The average molecular weight is 383 g/mol. The second-order valence-electron chi connectivity index (χ2n) is 7.88. The van der Waals surface area contributed by atoms with Crippen molar-refractivity contribution < 1.29 is 14.6 Å². The number of rotatable bonds is 3. The van der Waals surface area contributed by atoms with Crippen molar-refractivity contribution in [3.8, 4) is 0 Å². The minimum absolute atomic E-state index is 0.281. The summed E-state index contributed by atoms with van der Waals surface area (Å²) in [6.45, 7) is 12.0. The molecule has 1 rings (SSSR count). The van der Waals surface area contributed by atoms with Crippen molar-refractivity contribution in [1.29, 1.82) is 0 Å². The number of carbonyl (C=O) groups excluding carboxylic acids is 1. The molecule has 0 aromatic rings. The Kier molecular flexibility index (Phi) is 9.67. The number of halogens is 1. The molecule has 0 amide bonds. The maximum Gasteiger partial charge on any atom is 0.302 e. The van der Waals surface area contributed by atoms with E-state index < -0.39 is 11.0 Å². The highest BCUT2D eigenvalue weighted by molar-refractivity contribution is 6.24. The third-order valence-corrected chi connectivity index (χ3v) is 5.74. The van der Waals surface area contributed by atoms with Gasteiger partial charge < -0.3 is 9.84 Å². The first-order chi connectivity index (χ1) is 12.1. The molecule has 0 bridgehead atoms. The highest BCUT2D eigenvalue weighted by Gasteiger charge is 2.29. The lowest BCUT2D eigenvalue weighted by molar-refractivity contribution is -0.140. The molecule has 0 spiro atoms. The highest BCUT2D eigenvalue weighted by Crippen LogP contribution is 2.31. The van der Waals surface area contributed by atoms with Gasteiger partial charge in [0.1, 0.15) is 6.61 Å². The molecule has 1 aliphatic carbocycles. The Morgan fingerprint density at radius 1 is 1.35 bits per heavy atom. The van der Waals surface area contributed by atoms with E-state index in [1.807, 2.05) is 6.92 Å². The number of alkyl halides is 1. The van der Waals surface area contributed by atoms with E-state index >= 15 is 0 Å². The van der Waals surface area contributed by atoms with Crippen molar-refractivity contribution in [2.24, 2.45) is 5.92 Å². The third-order valence-electron chi connectivity index (χ3n) is 5.30. The van der Waals surface area contributed by atoms with Crippen molar-refractivity contribution in [3.63, 3.8) is 0 Å². The summed E-state index contributed by atoms with van der Waals surface area (Å²) >= 11 is 6.58. The van der Waals surface area contributed by atoms with Crippen LogP contribution in [0, 0.1) is 5.92 Å². The Bertz CT molecular complexity index is 546. The van der Waals surface area contributed by atoms with Gasteiger partial charge in [0.15, 0.2) is 0 Å². The topological polar surface area (TPSA) is 46.5 Å². The zero-order valence-electron chi connectivity index (χ0n) is 16.8. The quantitative estimate of drug-likeness (QED) is 0.386.